The predicted molar refractivity (Wildman–Crippen MR) is 260 cm³/mol. The third-order valence-electron chi connectivity index (χ3n) is 12.2. The van der Waals surface area contributed by atoms with Crippen molar-refractivity contribution in [1.82, 2.24) is 0 Å². The summed E-state index contributed by atoms with van der Waals surface area (Å²) in [6.45, 7) is 4.39. The zero-order valence-corrected chi connectivity index (χ0v) is 35.9. The molecule has 0 atom stereocenters. The second-order valence-electron chi connectivity index (χ2n) is 16.4. The molecule has 10 aromatic rings. The van der Waals surface area contributed by atoms with E-state index in [9.17, 15) is 9.59 Å². The van der Waals surface area contributed by atoms with Gasteiger partial charge in [0.2, 0.25) is 0 Å². The van der Waals surface area contributed by atoms with Gasteiger partial charge in [-0.15, -0.1) is 0 Å². The standard InChI is InChI=1S/C58H46O6/c1-3-5-15-37-25-31-49-51(33-37)53(45-21-11-13-23-47(45)55(49)63-57(59)61-43-29-27-39-17-7-9-19-41(39)35-43)54-46-22-12-14-24-48(46)56(50-32-26-38(16-6-4-2)34-52(50)54)64-58(60)62-44-30-28-40-18-8-10-20-42(40)36-44/h7-14,17-36H,3-6,15-16H2,1-2H3. The Morgan fingerprint density at radius 2 is 0.734 bits per heavy atom. The highest BCUT2D eigenvalue weighted by Gasteiger charge is 2.25. The van der Waals surface area contributed by atoms with Gasteiger partial charge in [-0.25, -0.2) is 9.59 Å². The van der Waals surface area contributed by atoms with Gasteiger partial charge in [0, 0.05) is 21.5 Å². The zero-order valence-electron chi connectivity index (χ0n) is 35.9. The Balaban J connectivity index is 1.17. The van der Waals surface area contributed by atoms with Crippen LogP contribution in [0.5, 0.6) is 23.0 Å². The van der Waals surface area contributed by atoms with E-state index in [0.717, 1.165) is 114 Å². The lowest BCUT2D eigenvalue weighted by atomic mass is 9.84. The van der Waals surface area contributed by atoms with E-state index >= 15 is 0 Å². The van der Waals surface area contributed by atoms with Crippen LogP contribution in [0.4, 0.5) is 9.59 Å². The summed E-state index contributed by atoms with van der Waals surface area (Å²) in [4.78, 5) is 27.7. The molecule has 0 bridgehead atoms. The largest absolute Gasteiger partial charge is 0.519 e. The monoisotopic (exact) mass is 838 g/mol. The fourth-order valence-electron chi connectivity index (χ4n) is 9.07. The number of benzene rings is 10. The van der Waals surface area contributed by atoms with Crippen LogP contribution < -0.4 is 18.9 Å². The number of unbranched alkanes of at least 4 members (excludes halogenated alkanes) is 2. The van der Waals surface area contributed by atoms with E-state index in [4.69, 9.17) is 18.9 Å². The Kier molecular flexibility index (Phi) is 11.1. The molecule has 0 heterocycles. The highest BCUT2D eigenvalue weighted by molar-refractivity contribution is 6.27. The average Bonchev–Trinajstić information content (AvgIpc) is 3.32. The Morgan fingerprint density at radius 3 is 1.16 bits per heavy atom. The minimum absolute atomic E-state index is 0.399. The lowest BCUT2D eigenvalue weighted by molar-refractivity contribution is 0.152. The van der Waals surface area contributed by atoms with Crippen LogP contribution in [0.3, 0.4) is 0 Å². The van der Waals surface area contributed by atoms with E-state index in [1.54, 1.807) is 12.1 Å². The van der Waals surface area contributed by atoms with Crippen LogP contribution in [0, 0.1) is 0 Å². The van der Waals surface area contributed by atoms with Crippen LogP contribution in [0.1, 0.15) is 50.7 Å². The minimum Gasteiger partial charge on any atom is -0.395 e. The van der Waals surface area contributed by atoms with Crippen molar-refractivity contribution in [2.75, 3.05) is 0 Å². The highest BCUT2D eigenvalue weighted by atomic mass is 16.7. The molecule has 10 rings (SSSR count). The van der Waals surface area contributed by atoms with Crippen molar-refractivity contribution in [3.05, 3.63) is 181 Å². The topological polar surface area (TPSA) is 71.1 Å². The number of fused-ring (bicyclic) bond motifs is 6. The van der Waals surface area contributed by atoms with Crippen LogP contribution in [0.15, 0.2) is 170 Å². The predicted octanol–water partition coefficient (Wildman–Crippen LogP) is 16.1. The van der Waals surface area contributed by atoms with E-state index in [2.05, 4.69) is 62.4 Å². The number of hydrogen-bond acceptors (Lipinski definition) is 6. The number of ether oxygens (including phenoxy) is 4. The maximum Gasteiger partial charge on any atom is 0.519 e. The number of aryl methyl sites for hydroxylation is 2. The molecule has 10 aromatic carbocycles. The van der Waals surface area contributed by atoms with E-state index in [1.807, 2.05) is 109 Å². The Morgan fingerprint density at radius 1 is 0.359 bits per heavy atom. The lowest BCUT2D eigenvalue weighted by Crippen LogP contribution is -2.14. The van der Waals surface area contributed by atoms with Gasteiger partial charge in [0.1, 0.15) is 23.0 Å². The molecule has 0 N–H and O–H groups in total. The third kappa shape index (κ3) is 7.84. The summed E-state index contributed by atoms with van der Waals surface area (Å²) in [5.74, 6) is 1.65. The molecule has 0 amide bonds. The van der Waals surface area contributed by atoms with Gasteiger partial charge in [-0.2, -0.15) is 0 Å². The molecule has 6 heteroatoms. The molecule has 0 aliphatic rings. The van der Waals surface area contributed by atoms with Crippen molar-refractivity contribution in [1.29, 1.82) is 0 Å². The Bertz CT molecular complexity index is 3190. The number of carbonyl (C=O) groups is 2. The first-order valence-electron chi connectivity index (χ1n) is 22.2. The maximum atomic E-state index is 13.8. The Labute approximate surface area is 371 Å². The molecule has 0 spiro atoms. The number of hydrogen-bond donors (Lipinski definition) is 0. The highest BCUT2D eigenvalue weighted by Crippen LogP contribution is 2.50. The van der Waals surface area contributed by atoms with Gasteiger partial charge in [-0.3, -0.25) is 0 Å². The van der Waals surface area contributed by atoms with E-state index in [-0.39, 0.29) is 0 Å². The van der Waals surface area contributed by atoms with E-state index in [0.29, 0.717) is 23.0 Å². The summed E-state index contributed by atoms with van der Waals surface area (Å²) in [6.07, 6.45) is 4.32. The van der Waals surface area contributed by atoms with Gasteiger partial charge in [0.05, 0.1) is 0 Å². The normalized spacial score (nSPS) is 11.5. The molecule has 0 fully saturated rings. The molecule has 314 valence electrons. The fourth-order valence-corrected chi connectivity index (χ4v) is 9.07. The number of rotatable bonds is 11. The van der Waals surface area contributed by atoms with Crippen molar-refractivity contribution in [3.63, 3.8) is 0 Å². The van der Waals surface area contributed by atoms with Crippen molar-refractivity contribution >= 4 is 76.9 Å². The van der Waals surface area contributed by atoms with Crippen LogP contribution in [-0.2, 0) is 12.8 Å². The van der Waals surface area contributed by atoms with Crippen molar-refractivity contribution in [2.24, 2.45) is 0 Å². The number of carbonyl (C=O) groups excluding carboxylic acids is 2. The Hall–Kier alpha value is -7.70. The molecular weight excluding hydrogens is 793 g/mol. The molecule has 6 nitrogen and oxygen atoms in total. The van der Waals surface area contributed by atoms with Crippen molar-refractivity contribution in [3.8, 4) is 34.1 Å². The van der Waals surface area contributed by atoms with Crippen LogP contribution >= 0.6 is 0 Å². The molecule has 0 aromatic heterocycles. The molecule has 0 aliphatic carbocycles. The zero-order chi connectivity index (χ0) is 43.6. The molecular formula is C58H46O6. The third-order valence-corrected chi connectivity index (χ3v) is 12.2. The average molecular weight is 839 g/mol. The first-order chi connectivity index (χ1) is 31.4. The maximum absolute atomic E-state index is 13.8. The van der Waals surface area contributed by atoms with Crippen LogP contribution in [0.2, 0.25) is 0 Å². The molecule has 64 heavy (non-hydrogen) atoms. The van der Waals surface area contributed by atoms with Gasteiger partial charge in [-0.1, -0.05) is 172 Å². The first-order valence-corrected chi connectivity index (χ1v) is 22.2. The molecule has 0 unspecified atom stereocenters. The summed E-state index contributed by atoms with van der Waals surface area (Å²) < 4.78 is 24.4. The summed E-state index contributed by atoms with van der Waals surface area (Å²) >= 11 is 0. The minimum atomic E-state index is -0.821. The summed E-state index contributed by atoms with van der Waals surface area (Å²) in [6, 6.07) is 56.1. The quantitative estimate of drug-likeness (QED) is 0.0734. The first kappa shape index (κ1) is 40.4. The van der Waals surface area contributed by atoms with Gasteiger partial charge in [0.25, 0.3) is 0 Å². The summed E-state index contributed by atoms with van der Waals surface area (Å²) in [5.41, 5.74) is 4.37. The summed E-state index contributed by atoms with van der Waals surface area (Å²) in [7, 11) is 0. The smallest absolute Gasteiger partial charge is 0.395 e. The van der Waals surface area contributed by atoms with Crippen molar-refractivity contribution in [2.45, 2.75) is 52.4 Å². The van der Waals surface area contributed by atoms with E-state index < -0.39 is 12.3 Å². The molecule has 0 saturated carbocycles. The molecule has 0 aliphatic heterocycles. The van der Waals surface area contributed by atoms with Crippen LogP contribution in [0.25, 0.3) is 75.8 Å². The molecule has 0 radical (unpaired) electrons. The second-order valence-corrected chi connectivity index (χ2v) is 16.4. The van der Waals surface area contributed by atoms with Gasteiger partial charge < -0.3 is 18.9 Å². The lowest BCUT2D eigenvalue weighted by Gasteiger charge is -2.22. The second kappa shape index (κ2) is 17.6. The van der Waals surface area contributed by atoms with Gasteiger partial charge >= 0.3 is 12.3 Å². The summed E-state index contributed by atoms with van der Waals surface area (Å²) in [5, 5.41) is 10.8. The molecule has 0 saturated heterocycles. The van der Waals surface area contributed by atoms with E-state index in [1.165, 1.54) is 11.1 Å². The van der Waals surface area contributed by atoms with Crippen LogP contribution in [-0.4, -0.2) is 12.3 Å². The van der Waals surface area contributed by atoms with Crippen molar-refractivity contribution < 1.29 is 28.5 Å². The SMILES string of the molecule is CCCCc1ccc2c(OC(=O)Oc3ccc4ccccc4c3)c3ccccc3c(-c3c4ccccc4c(OC(=O)Oc4ccc5ccccc5c4)c4ccc(CCCC)cc34)c2c1. The van der Waals surface area contributed by atoms with Gasteiger partial charge in [-0.05, 0) is 115 Å². The van der Waals surface area contributed by atoms with Gasteiger partial charge in [0.15, 0.2) is 0 Å². The fraction of sp³-hybridized carbons (Fsp3) is 0.138.